The summed E-state index contributed by atoms with van der Waals surface area (Å²) >= 11 is 0. The van der Waals surface area contributed by atoms with Gasteiger partial charge in [-0.25, -0.2) is 0 Å². The Labute approximate surface area is 102 Å². The summed E-state index contributed by atoms with van der Waals surface area (Å²) in [6.45, 7) is 7.78. The summed E-state index contributed by atoms with van der Waals surface area (Å²) in [5.74, 6) is 0.316. The average Bonchev–Trinajstić information content (AvgIpc) is 2.30. The molecule has 0 aliphatic rings. The van der Waals surface area contributed by atoms with Gasteiger partial charge in [0.05, 0.1) is 4.92 Å². The highest BCUT2D eigenvalue weighted by Gasteiger charge is 2.19. The van der Waals surface area contributed by atoms with Crippen LogP contribution in [0.25, 0.3) is 0 Å². The Kier molecular flexibility index (Phi) is 4.23. The van der Waals surface area contributed by atoms with Crippen molar-refractivity contribution in [1.29, 1.82) is 0 Å². The molecule has 4 heteroatoms. The third-order valence-electron chi connectivity index (χ3n) is 3.50. The average molecular weight is 236 g/mol. The first kappa shape index (κ1) is 13.6. The van der Waals surface area contributed by atoms with Crippen LogP contribution in [0.3, 0.4) is 0 Å². The Hall–Kier alpha value is -1.42. The molecule has 1 rings (SSSR count). The highest BCUT2D eigenvalue weighted by Crippen LogP contribution is 2.29. The smallest absolute Gasteiger partial charge is 0.272 e. The molecule has 0 aliphatic carbocycles. The molecule has 0 amide bonds. The van der Waals surface area contributed by atoms with Gasteiger partial charge in [0.2, 0.25) is 0 Å². The van der Waals surface area contributed by atoms with E-state index in [4.69, 9.17) is 5.73 Å². The van der Waals surface area contributed by atoms with Crippen molar-refractivity contribution in [2.75, 3.05) is 0 Å². The third-order valence-corrected chi connectivity index (χ3v) is 3.50. The van der Waals surface area contributed by atoms with Crippen molar-refractivity contribution < 1.29 is 4.92 Å². The molecule has 2 N–H and O–H groups in total. The maximum Gasteiger partial charge on any atom is 0.272 e. The van der Waals surface area contributed by atoms with Gasteiger partial charge in [0.1, 0.15) is 0 Å². The first-order chi connectivity index (χ1) is 7.88. The third kappa shape index (κ3) is 2.82. The Morgan fingerprint density at radius 1 is 1.41 bits per heavy atom. The molecule has 0 heterocycles. The number of rotatable bonds is 4. The van der Waals surface area contributed by atoms with E-state index in [0.717, 1.165) is 23.1 Å². The summed E-state index contributed by atoms with van der Waals surface area (Å²) < 4.78 is 0. The van der Waals surface area contributed by atoms with Crippen LogP contribution in [0.4, 0.5) is 5.69 Å². The fraction of sp³-hybridized carbons (Fsp3) is 0.538. The molecular formula is C13H20N2O2. The van der Waals surface area contributed by atoms with Crippen LogP contribution in [0.15, 0.2) is 12.1 Å². The van der Waals surface area contributed by atoms with Gasteiger partial charge in [-0.15, -0.1) is 0 Å². The summed E-state index contributed by atoms with van der Waals surface area (Å²) in [7, 11) is 0. The van der Waals surface area contributed by atoms with Gasteiger partial charge in [0.15, 0.2) is 0 Å². The topological polar surface area (TPSA) is 69.2 Å². The van der Waals surface area contributed by atoms with Crippen LogP contribution < -0.4 is 5.73 Å². The van der Waals surface area contributed by atoms with Crippen LogP contribution in [0, 0.1) is 29.9 Å². The Morgan fingerprint density at radius 2 is 2.00 bits per heavy atom. The Morgan fingerprint density at radius 3 is 2.47 bits per heavy atom. The van der Waals surface area contributed by atoms with Gasteiger partial charge in [-0.3, -0.25) is 10.1 Å². The van der Waals surface area contributed by atoms with E-state index in [-0.39, 0.29) is 16.7 Å². The molecule has 1 aromatic carbocycles. The first-order valence-electron chi connectivity index (χ1n) is 5.89. The summed E-state index contributed by atoms with van der Waals surface area (Å²) in [6, 6.07) is 3.43. The van der Waals surface area contributed by atoms with E-state index in [2.05, 4.69) is 13.8 Å². The molecule has 0 spiro atoms. The van der Waals surface area contributed by atoms with Crippen molar-refractivity contribution >= 4 is 5.69 Å². The van der Waals surface area contributed by atoms with Crippen molar-refractivity contribution in [1.82, 2.24) is 0 Å². The van der Waals surface area contributed by atoms with Gasteiger partial charge < -0.3 is 5.73 Å². The van der Waals surface area contributed by atoms with E-state index in [0.29, 0.717) is 5.92 Å². The van der Waals surface area contributed by atoms with Gasteiger partial charge >= 0.3 is 0 Å². The van der Waals surface area contributed by atoms with Crippen LogP contribution in [-0.4, -0.2) is 4.92 Å². The lowest BCUT2D eigenvalue weighted by atomic mass is 9.91. The second kappa shape index (κ2) is 5.27. The summed E-state index contributed by atoms with van der Waals surface area (Å²) in [6.07, 6.45) is 0.960. The highest BCUT2D eigenvalue weighted by molar-refractivity contribution is 5.48. The largest absolute Gasteiger partial charge is 0.324 e. The minimum atomic E-state index is -0.338. The minimum absolute atomic E-state index is 0.141. The second-order valence-electron chi connectivity index (χ2n) is 4.65. The zero-order valence-corrected chi connectivity index (χ0v) is 10.9. The van der Waals surface area contributed by atoms with Crippen LogP contribution in [0.1, 0.15) is 43.0 Å². The fourth-order valence-electron chi connectivity index (χ4n) is 1.83. The van der Waals surface area contributed by atoms with E-state index in [9.17, 15) is 10.1 Å². The van der Waals surface area contributed by atoms with Crippen molar-refractivity contribution in [3.8, 4) is 0 Å². The number of benzene rings is 1. The number of aryl methyl sites for hydroxylation is 1. The summed E-state index contributed by atoms with van der Waals surface area (Å²) in [5.41, 5.74) is 8.78. The maximum absolute atomic E-state index is 11.0. The molecule has 0 saturated carbocycles. The van der Waals surface area contributed by atoms with E-state index >= 15 is 0 Å². The highest BCUT2D eigenvalue weighted by atomic mass is 16.6. The molecule has 0 bridgehead atoms. The van der Waals surface area contributed by atoms with Crippen LogP contribution >= 0.6 is 0 Å². The molecule has 4 nitrogen and oxygen atoms in total. The SMILES string of the molecule is CCC(C)C(N)c1cc(C)c(C)c([N+](=O)[O-])c1. The monoisotopic (exact) mass is 236 g/mol. The normalized spacial score (nSPS) is 14.4. The van der Waals surface area contributed by atoms with Gasteiger partial charge in [-0.2, -0.15) is 0 Å². The van der Waals surface area contributed by atoms with Crippen molar-refractivity contribution in [2.24, 2.45) is 11.7 Å². The number of hydrogen-bond donors (Lipinski definition) is 1. The fourth-order valence-corrected chi connectivity index (χ4v) is 1.83. The lowest BCUT2D eigenvalue weighted by Gasteiger charge is -2.19. The summed E-state index contributed by atoms with van der Waals surface area (Å²) in [5, 5.41) is 11.0. The van der Waals surface area contributed by atoms with Gasteiger partial charge in [0.25, 0.3) is 5.69 Å². The quantitative estimate of drug-likeness (QED) is 0.644. The Balaban J connectivity index is 3.23. The number of nitro groups is 1. The van der Waals surface area contributed by atoms with Crippen molar-refractivity contribution in [3.63, 3.8) is 0 Å². The first-order valence-corrected chi connectivity index (χ1v) is 5.89. The van der Waals surface area contributed by atoms with E-state index in [1.165, 1.54) is 0 Å². The van der Waals surface area contributed by atoms with Crippen LogP contribution in [-0.2, 0) is 0 Å². The van der Waals surface area contributed by atoms with Crippen molar-refractivity contribution in [3.05, 3.63) is 38.9 Å². The number of hydrogen-bond acceptors (Lipinski definition) is 3. The molecule has 0 saturated heterocycles. The lowest BCUT2D eigenvalue weighted by Crippen LogP contribution is -2.19. The van der Waals surface area contributed by atoms with Crippen molar-refractivity contribution in [2.45, 2.75) is 40.2 Å². The molecule has 0 radical (unpaired) electrons. The van der Waals surface area contributed by atoms with Gasteiger partial charge in [-0.05, 0) is 30.9 Å². The van der Waals surface area contributed by atoms with E-state index in [1.807, 2.05) is 13.0 Å². The number of nitrogens with zero attached hydrogens (tertiary/aromatic N) is 1. The predicted octanol–water partition coefficient (Wildman–Crippen LogP) is 3.26. The molecular weight excluding hydrogens is 216 g/mol. The zero-order valence-electron chi connectivity index (χ0n) is 10.9. The Bertz CT molecular complexity index is 430. The molecule has 94 valence electrons. The number of nitro benzene ring substituents is 1. The van der Waals surface area contributed by atoms with E-state index in [1.54, 1.807) is 13.0 Å². The summed E-state index contributed by atoms with van der Waals surface area (Å²) in [4.78, 5) is 10.6. The predicted molar refractivity (Wildman–Crippen MR) is 69.0 cm³/mol. The molecule has 17 heavy (non-hydrogen) atoms. The van der Waals surface area contributed by atoms with E-state index < -0.39 is 0 Å². The molecule has 1 aromatic rings. The second-order valence-corrected chi connectivity index (χ2v) is 4.65. The number of nitrogens with two attached hydrogens (primary N) is 1. The standard InChI is InChI=1S/C13H20N2O2/c1-5-8(2)13(14)11-6-9(3)10(4)12(7-11)15(16)17/h6-8,13H,5,14H2,1-4H3. The zero-order chi connectivity index (χ0) is 13.2. The van der Waals surface area contributed by atoms with Gasteiger partial charge in [-0.1, -0.05) is 26.3 Å². The molecule has 2 atom stereocenters. The van der Waals surface area contributed by atoms with Crippen LogP contribution in [0.2, 0.25) is 0 Å². The minimum Gasteiger partial charge on any atom is -0.324 e. The van der Waals surface area contributed by atoms with Gasteiger partial charge in [0, 0.05) is 17.7 Å². The molecule has 2 unspecified atom stereocenters. The molecule has 0 aromatic heterocycles. The molecule has 0 aliphatic heterocycles. The lowest BCUT2D eigenvalue weighted by molar-refractivity contribution is -0.385. The molecule has 0 fully saturated rings. The maximum atomic E-state index is 11.0. The van der Waals surface area contributed by atoms with Crippen LogP contribution in [0.5, 0.6) is 0 Å².